The third-order valence-electron chi connectivity index (χ3n) is 7.21. The summed E-state index contributed by atoms with van der Waals surface area (Å²) in [6.07, 6.45) is 2.78. The molecule has 2 aromatic heterocycles. The molecule has 0 bridgehead atoms. The molecule has 2 aromatic carbocycles. The lowest BCUT2D eigenvalue weighted by Gasteiger charge is -2.51. The van der Waals surface area contributed by atoms with Gasteiger partial charge in [0.1, 0.15) is 0 Å². The Morgan fingerprint density at radius 2 is 0.917 bits per heavy atom. The van der Waals surface area contributed by atoms with Gasteiger partial charge in [-0.15, -0.1) is 0 Å². The second kappa shape index (κ2) is 9.53. The molecule has 1 saturated carbocycles. The average molecular weight is 485 g/mol. The van der Waals surface area contributed by atoms with Crippen molar-refractivity contribution in [3.63, 3.8) is 0 Å². The summed E-state index contributed by atoms with van der Waals surface area (Å²) < 4.78 is 23.0. The molecule has 6 nitrogen and oxygen atoms in total. The van der Waals surface area contributed by atoms with Crippen molar-refractivity contribution in [2.45, 2.75) is 37.5 Å². The van der Waals surface area contributed by atoms with Gasteiger partial charge in [-0.05, 0) is 25.0 Å². The molecule has 0 aliphatic heterocycles. The van der Waals surface area contributed by atoms with Crippen LogP contribution in [0.5, 0.6) is 11.5 Å². The highest BCUT2D eigenvalue weighted by Crippen LogP contribution is 2.67. The molecule has 0 N–H and O–H groups in total. The zero-order valence-corrected chi connectivity index (χ0v) is 20.7. The smallest absolute Gasteiger partial charge is 0.227 e. The molecule has 1 aliphatic rings. The maximum atomic E-state index is 12.7. The first-order valence-electron chi connectivity index (χ1n) is 11.9. The van der Waals surface area contributed by atoms with Gasteiger partial charge in [-0.25, -0.2) is 0 Å². The van der Waals surface area contributed by atoms with Crippen LogP contribution >= 0.6 is 0 Å². The van der Waals surface area contributed by atoms with Gasteiger partial charge in [0, 0.05) is 35.8 Å². The van der Waals surface area contributed by atoms with E-state index in [2.05, 4.69) is 48.5 Å². The van der Waals surface area contributed by atoms with Crippen molar-refractivity contribution in [1.82, 2.24) is 0 Å². The number of benzene rings is 2. The van der Waals surface area contributed by atoms with E-state index in [1.165, 1.54) is 38.9 Å². The Hall–Kier alpha value is -4.06. The fraction of sp³-hybridized carbons (Fsp3) is 0.267. The predicted molar refractivity (Wildman–Crippen MR) is 136 cm³/mol. The van der Waals surface area contributed by atoms with Gasteiger partial charge in [0.2, 0.25) is 22.4 Å². The molecular weight excluding hydrogens is 456 g/mol. The van der Waals surface area contributed by atoms with Crippen molar-refractivity contribution in [3.05, 3.63) is 127 Å². The Kier molecular flexibility index (Phi) is 6.27. The second-order valence-corrected chi connectivity index (χ2v) is 9.29. The van der Waals surface area contributed by atoms with Gasteiger partial charge in [-0.3, -0.25) is 9.59 Å². The van der Waals surface area contributed by atoms with Gasteiger partial charge in [0.15, 0.2) is 11.5 Å². The van der Waals surface area contributed by atoms with E-state index in [4.69, 9.17) is 18.3 Å². The third-order valence-corrected chi connectivity index (χ3v) is 7.21. The van der Waals surface area contributed by atoms with Gasteiger partial charge in [-0.1, -0.05) is 59.7 Å². The van der Waals surface area contributed by atoms with Crippen LogP contribution in [-0.2, 0) is 0 Å². The summed E-state index contributed by atoms with van der Waals surface area (Å²) in [6, 6.07) is 19.4. The largest absolute Gasteiger partial charge is 0.490 e. The zero-order chi connectivity index (χ0) is 25.4. The first-order chi connectivity index (χ1) is 17.4. The summed E-state index contributed by atoms with van der Waals surface area (Å²) in [4.78, 5) is 25.5. The van der Waals surface area contributed by atoms with Crippen molar-refractivity contribution in [2.24, 2.45) is 0 Å². The normalized spacial score (nSPS) is 21.0. The lowest BCUT2D eigenvalue weighted by molar-refractivity contribution is 0.160. The van der Waals surface area contributed by atoms with Crippen molar-refractivity contribution in [3.8, 4) is 11.5 Å². The first kappa shape index (κ1) is 23.7. The number of hydrogen-bond acceptors (Lipinski definition) is 6. The van der Waals surface area contributed by atoms with Gasteiger partial charge in [0.25, 0.3) is 0 Å². The molecule has 5 rings (SSSR count). The first-order valence-corrected chi connectivity index (χ1v) is 11.9. The van der Waals surface area contributed by atoms with Crippen LogP contribution in [0, 0.1) is 13.8 Å². The minimum absolute atomic E-state index is 0.0760. The zero-order valence-electron chi connectivity index (χ0n) is 20.7. The Morgan fingerprint density at radius 3 is 1.25 bits per heavy atom. The van der Waals surface area contributed by atoms with Crippen LogP contribution in [0.15, 0.2) is 91.6 Å². The topological polar surface area (TPSA) is 78.9 Å². The number of aryl methyl sites for hydroxylation is 2. The molecule has 0 unspecified atom stereocenters. The number of methoxy groups -OCH3 is 2. The molecule has 0 saturated heterocycles. The standard InChI is InChI=1S/C30H28O6/c1-17-5-9-19(10-6-17)23-24(20-11-7-18(2)8-12-20)26(30-28(34-4)22(32)14-16-36-30)25(23)29-27(33-3)21(31)13-15-35-29/h5-16,23-26H,1-4H3/t23-,24-,25+,26+/m0/s1. The quantitative estimate of drug-likeness (QED) is 0.351. The second-order valence-electron chi connectivity index (χ2n) is 9.29. The van der Waals surface area contributed by atoms with Crippen LogP contribution in [0.3, 0.4) is 0 Å². The predicted octanol–water partition coefficient (Wildman–Crippen LogP) is 5.68. The monoisotopic (exact) mass is 484 g/mol. The highest BCUT2D eigenvalue weighted by Gasteiger charge is 2.57. The Bertz CT molecular complexity index is 1360. The summed E-state index contributed by atoms with van der Waals surface area (Å²) >= 11 is 0. The van der Waals surface area contributed by atoms with E-state index in [0.29, 0.717) is 11.5 Å². The van der Waals surface area contributed by atoms with Crippen LogP contribution in [-0.4, -0.2) is 14.2 Å². The average Bonchev–Trinajstić information content (AvgIpc) is 2.86. The van der Waals surface area contributed by atoms with Crippen LogP contribution in [0.2, 0.25) is 0 Å². The maximum absolute atomic E-state index is 12.7. The van der Waals surface area contributed by atoms with Crippen LogP contribution in [0.25, 0.3) is 0 Å². The molecule has 2 heterocycles. The molecular formula is C30H28O6. The highest BCUT2D eigenvalue weighted by molar-refractivity contribution is 5.49. The molecule has 1 fully saturated rings. The minimum Gasteiger partial charge on any atom is -0.490 e. The Morgan fingerprint density at radius 1 is 0.556 bits per heavy atom. The lowest BCUT2D eigenvalue weighted by atomic mass is 9.51. The SMILES string of the molecule is COc1c([C@@H]2[C@@H](c3ccc(C)cc3)[C@H](c3ccc(C)cc3)[C@H]2c2occc(=O)c2OC)occc1=O. The highest BCUT2D eigenvalue weighted by atomic mass is 16.5. The van der Waals surface area contributed by atoms with E-state index in [9.17, 15) is 9.59 Å². The third kappa shape index (κ3) is 3.92. The van der Waals surface area contributed by atoms with Crippen molar-refractivity contribution < 1.29 is 18.3 Å². The molecule has 6 heteroatoms. The van der Waals surface area contributed by atoms with Gasteiger partial charge in [-0.2, -0.15) is 0 Å². The summed E-state index contributed by atoms with van der Waals surface area (Å²) in [5.74, 6) is 0.328. The molecule has 0 radical (unpaired) electrons. The summed E-state index contributed by atoms with van der Waals surface area (Å²) in [7, 11) is 2.93. The van der Waals surface area contributed by atoms with E-state index in [1.807, 2.05) is 13.8 Å². The summed E-state index contributed by atoms with van der Waals surface area (Å²) in [5, 5.41) is 0. The molecule has 0 spiro atoms. The molecule has 4 aromatic rings. The van der Waals surface area contributed by atoms with Crippen molar-refractivity contribution >= 4 is 0 Å². The Labute approximate surface area is 209 Å². The van der Waals surface area contributed by atoms with E-state index >= 15 is 0 Å². The van der Waals surface area contributed by atoms with Gasteiger partial charge in [0.05, 0.1) is 26.7 Å². The lowest BCUT2D eigenvalue weighted by Crippen LogP contribution is -2.41. The number of rotatable bonds is 6. The fourth-order valence-corrected chi connectivity index (χ4v) is 5.51. The molecule has 184 valence electrons. The minimum atomic E-state index is -0.345. The Balaban J connectivity index is 1.79. The van der Waals surface area contributed by atoms with Crippen molar-refractivity contribution in [1.29, 1.82) is 0 Å². The molecule has 4 atom stereocenters. The van der Waals surface area contributed by atoms with Gasteiger partial charge >= 0.3 is 0 Å². The van der Waals surface area contributed by atoms with Crippen LogP contribution in [0.1, 0.15) is 57.4 Å². The van der Waals surface area contributed by atoms with E-state index in [1.54, 1.807) is 0 Å². The number of hydrogen-bond donors (Lipinski definition) is 0. The molecule has 1 aliphatic carbocycles. The fourth-order valence-electron chi connectivity index (χ4n) is 5.51. The molecule has 0 amide bonds. The van der Waals surface area contributed by atoms with E-state index in [0.717, 1.165) is 22.3 Å². The maximum Gasteiger partial charge on any atom is 0.227 e. The summed E-state index contributed by atoms with van der Waals surface area (Å²) in [5.41, 5.74) is 3.97. The number of ether oxygens (including phenoxy) is 2. The van der Waals surface area contributed by atoms with Crippen molar-refractivity contribution in [2.75, 3.05) is 14.2 Å². The molecule has 36 heavy (non-hydrogen) atoms. The van der Waals surface area contributed by atoms with E-state index in [-0.39, 0.29) is 46.0 Å². The van der Waals surface area contributed by atoms with Gasteiger partial charge < -0.3 is 18.3 Å². The van der Waals surface area contributed by atoms with Crippen LogP contribution in [0.4, 0.5) is 0 Å². The van der Waals surface area contributed by atoms with E-state index < -0.39 is 0 Å². The summed E-state index contributed by atoms with van der Waals surface area (Å²) in [6.45, 7) is 4.09. The van der Waals surface area contributed by atoms with Crippen LogP contribution < -0.4 is 20.3 Å².